The molecule has 0 N–H and O–H groups in total. The number of hydrogen-bond acceptors (Lipinski definition) is 2. The Morgan fingerprint density at radius 2 is 2.00 bits per heavy atom. The molecule has 0 fully saturated rings. The van der Waals surface area contributed by atoms with Crippen LogP contribution in [0.4, 0.5) is 5.69 Å². The summed E-state index contributed by atoms with van der Waals surface area (Å²) in [5.74, 6) is 1.18. The summed E-state index contributed by atoms with van der Waals surface area (Å²) < 4.78 is 6.03. The summed E-state index contributed by atoms with van der Waals surface area (Å²) in [5, 5.41) is 0. The monoisotopic (exact) mass is 245 g/mol. The van der Waals surface area contributed by atoms with Gasteiger partial charge in [0.2, 0.25) is 0 Å². The first-order valence-electron chi connectivity index (χ1n) is 7.34. The van der Waals surface area contributed by atoms with Crippen LogP contribution in [-0.2, 0) is 12.8 Å². The van der Waals surface area contributed by atoms with Crippen molar-refractivity contribution in [3.8, 4) is 5.75 Å². The summed E-state index contributed by atoms with van der Waals surface area (Å²) in [6, 6.07) is 2.36. The molecule has 18 heavy (non-hydrogen) atoms. The van der Waals surface area contributed by atoms with E-state index in [1.807, 2.05) is 0 Å². The van der Waals surface area contributed by atoms with Crippen molar-refractivity contribution in [1.29, 1.82) is 0 Å². The van der Waals surface area contributed by atoms with E-state index in [0.29, 0.717) is 0 Å². The van der Waals surface area contributed by atoms with Crippen molar-refractivity contribution >= 4 is 5.69 Å². The number of ether oxygens (including phenoxy) is 1. The van der Waals surface area contributed by atoms with Gasteiger partial charge in [-0.15, -0.1) is 0 Å². The van der Waals surface area contributed by atoms with Crippen molar-refractivity contribution in [3.63, 3.8) is 0 Å². The lowest BCUT2D eigenvalue weighted by atomic mass is 9.89. The molecule has 0 spiro atoms. The minimum absolute atomic E-state index is 0.840. The maximum absolute atomic E-state index is 6.03. The molecule has 0 bridgehead atoms. The van der Waals surface area contributed by atoms with E-state index in [2.05, 4.69) is 24.8 Å². The van der Waals surface area contributed by atoms with Crippen LogP contribution in [0, 0.1) is 6.92 Å². The molecule has 0 atom stereocenters. The number of anilines is 1. The molecule has 0 radical (unpaired) electrons. The molecule has 0 saturated heterocycles. The van der Waals surface area contributed by atoms with Gasteiger partial charge in [-0.3, -0.25) is 0 Å². The Hall–Kier alpha value is -1.18. The summed E-state index contributed by atoms with van der Waals surface area (Å²) in [6.07, 6.45) is 6.10. The number of aryl methyl sites for hydroxylation is 2. The molecule has 2 aliphatic rings. The molecule has 2 nitrogen and oxygen atoms in total. The maximum Gasteiger partial charge on any atom is 0.127 e. The molecule has 2 heteroatoms. The van der Waals surface area contributed by atoms with Gasteiger partial charge < -0.3 is 9.64 Å². The van der Waals surface area contributed by atoms with E-state index in [9.17, 15) is 0 Å². The molecule has 2 heterocycles. The Bertz CT molecular complexity index is 451. The number of rotatable bonds is 3. The van der Waals surface area contributed by atoms with Crippen molar-refractivity contribution in [3.05, 3.63) is 22.8 Å². The molecular weight excluding hydrogens is 222 g/mol. The topological polar surface area (TPSA) is 12.5 Å². The zero-order valence-corrected chi connectivity index (χ0v) is 11.6. The molecule has 3 rings (SSSR count). The van der Waals surface area contributed by atoms with E-state index >= 15 is 0 Å². The molecular formula is C16H23NO. The molecule has 0 aromatic heterocycles. The van der Waals surface area contributed by atoms with Crippen LogP contribution in [0.15, 0.2) is 6.07 Å². The third-order valence-corrected chi connectivity index (χ3v) is 4.11. The highest BCUT2D eigenvalue weighted by Crippen LogP contribution is 2.42. The van der Waals surface area contributed by atoms with Crippen LogP contribution in [-0.4, -0.2) is 19.7 Å². The molecule has 0 aliphatic carbocycles. The van der Waals surface area contributed by atoms with Crippen LogP contribution in [0.5, 0.6) is 5.75 Å². The van der Waals surface area contributed by atoms with Gasteiger partial charge in [0.25, 0.3) is 0 Å². The van der Waals surface area contributed by atoms with E-state index < -0.39 is 0 Å². The first-order valence-corrected chi connectivity index (χ1v) is 7.34. The minimum Gasteiger partial charge on any atom is -0.493 e. The van der Waals surface area contributed by atoms with Gasteiger partial charge in [0, 0.05) is 24.3 Å². The third kappa shape index (κ3) is 1.88. The lowest BCUT2D eigenvalue weighted by Crippen LogP contribution is -2.34. The van der Waals surface area contributed by atoms with Crippen LogP contribution in [0.2, 0.25) is 0 Å². The molecule has 1 aromatic rings. The van der Waals surface area contributed by atoms with E-state index in [1.165, 1.54) is 61.3 Å². The quantitative estimate of drug-likeness (QED) is 0.808. The zero-order chi connectivity index (χ0) is 12.5. The Labute approximate surface area is 110 Å². The average Bonchev–Trinajstić information content (AvgIpc) is 2.39. The first-order chi connectivity index (χ1) is 8.81. The SMILES string of the molecule is CCCOc1c(C)cc2c3c1CCCN3CCC2. The van der Waals surface area contributed by atoms with Crippen molar-refractivity contribution < 1.29 is 4.74 Å². The van der Waals surface area contributed by atoms with E-state index in [4.69, 9.17) is 4.74 Å². The molecule has 1 aromatic carbocycles. The highest BCUT2D eigenvalue weighted by molar-refractivity contribution is 5.69. The third-order valence-electron chi connectivity index (χ3n) is 4.11. The summed E-state index contributed by atoms with van der Waals surface area (Å²) in [7, 11) is 0. The fourth-order valence-electron chi connectivity index (χ4n) is 3.40. The number of hydrogen-bond donors (Lipinski definition) is 0. The Morgan fingerprint density at radius 3 is 2.78 bits per heavy atom. The second kappa shape index (κ2) is 4.83. The minimum atomic E-state index is 0.840. The van der Waals surface area contributed by atoms with Gasteiger partial charge >= 0.3 is 0 Å². The van der Waals surface area contributed by atoms with Crippen LogP contribution >= 0.6 is 0 Å². The molecule has 98 valence electrons. The smallest absolute Gasteiger partial charge is 0.127 e. The molecule has 0 amide bonds. The lowest BCUT2D eigenvalue weighted by molar-refractivity contribution is 0.311. The summed E-state index contributed by atoms with van der Waals surface area (Å²) in [6.45, 7) is 7.68. The van der Waals surface area contributed by atoms with Gasteiger partial charge in [0.1, 0.15) is 5.75 Å². The van der Waals surface area contributed by atoms with E-state index in [0.717, 1.165) is 13.0 Å². The fraction of sp³-hybridized carbons (Fsp3) is 0.625. The average molecular weight is 245 g/mol. The largest absolute Gasteiger partial charge is 0.493 e. The van der Waals surface area contributed by atoms with E-state index in [1.54, 1.807) is 5.56 Å². The van der Waals surface area contributed by atoms with Crippen molar-refractivity contribution in [2.45, 2.75) is 46.0 Å². The second-order valence-electron chi connectivity index (χ2n) is 5.55. The highest BCUT2D eigenvalue weighted by atomic mass is 16.5. The molecule has 0 unspecified atom stereocenters. The normalized spacial score (nSPS) is 17.6. The van der Waals surface area contributed by atoms with Crippen LogP contribution < -0.4 is 9.64 Å². The van der Waals surface area contributed by atoms with Crippen LogP contribution in [0.25, 0.3) is 0 Å². The fourth-order valence-corrected chi connectivity index (χ4v) is 3.40. The van der Waals surface area contributed by atoms with Gasteiger partial charge in [-0.25, -0.2) is 0 Å². The second-order valence-corrected chi connectivity index (χ2v) is 5.55. The summed E-state index contributed by atoms with van der Waals surface area (Å²) in [5.41, 5.74) is 5.90. The Balaban J connectivity index is 2.08. The summed E-state index contributed by atoms with van der Waals surface area (Å²) in [4.78, 5) is 2.58. The predicted octanol–water partition coefficient (Wildman–Crippen LogP) is 3.48. The molecule has 0 saturated carbocycles. The Kier molecular flexibility index (Phi) is 3.19. The van der Waals surface area contributed by atoms with Crippen molar-refractivity contribution in [2.24, 2.45) is 0 Å². The predicted molar refractivity (Wildman–Crippen MR) is 75.8 cm³/mol. The van der Waals surface area contributed by atoms with Crippen LogP contribution in [0.1, 0.15) is 42.9 Å². The van der Waals surface area contributed by atoms with Gasteiger partial charge in [-0.1, -0.05) is 13.0 Å². The van der Waals surface area contributed by atoms with Crippen LogP contribution in [0.3, 0.4) is 0 Å². The first kappa shape index (κ1) is 11.9. The number of nitrogens with zero attached hydrogens (tertiary/aromatic N) is 1. The van der Waals surface area contributed by atoms with Crippen molar-refractivity contribution in [2.75, 3.05) is 24.6 Å². The highest BCUT2D eigenvalue weighted by Gasteiger charge is 2.27. The molecule has 2 aliphatic heterocycles. The summed E-state index contributed by atoms with van der Waals surface area (Å²) >= 11 is 0. The zero-order valence-electron chi connectivity index (χ0n) is 11.6. The van der Waals surface area contributed by atoms with Gasteiger partial charge in [-0.05, 0) is 50.2 Å². The maximum atomic E-state index is 6.03. The van der Waals surface area contributed by atoms with E-state index in [-0.39, 0.29) is 0 Å². The van der Waals surface area contributed by atoms with Gasteiger partial charge in [-0.2, -0.15) is 0 Å². The Morgan fingerprint density at radius 1 is 1.22 bits per heavy atom. The number of benzene rings is 1. The lowest BCUT2D eigenvalue weighted by Gasteiger charge is -2.38. The van der Waals surface area contributed by atoms with Gasteiger partial charge in [0.05, 0.1) is 6.61 Å². The van der Waals surface area contributed by atoms with Gasteiger partial charge in [0.15, 0.2) is 0 Å². The standard InChI is InChI=1S/C16H23NO/c1-3-10-18-16-12(2)11-13-6-4-8-17-9-5-7-14(16)15(13)17/h11H,3-10H2,1-2H3. The van der Waals surface area contributed by atoms with Crippen molar-refractivity contribution in [1.82, 2.24) is 0 Å².